The van der Waals surface area contributed by atoms with Gasteiger partial charge < -0.3 is 0 Å². The van der Waals surface area contributed by atoms with Gasteiger partial charge in [0.05, 0.1) is 11.6 Å². The SMILES string of the molecule is N#CC(=Cc1ccc(S)cc1)c1ccc(S)cc1. The zero-order chi connectivity index (χ0) is 13.0. The standard InChI is InChI=1S/C15H11NS2/c16-10-13(12-3-7-15(18)8-4-12)9-11-1-5-14(17)6-2-11/h1-9,17-18H. The summed E-state index contributed by atoms with van der Waals surface area (Å²) in [6, 6.07) is 17.4. The Morgan fingerprint density at radius 1 is 0.889 bits per heavy atom. The first kappa shape index (κ1) is 12.8. The molecule has 0 aliphatic heterocycles. The van der Waals surface area contributed by atoms with Crippen LogP contribution in [0.15, 0.2) is 58.3 Å². The van der Waals surface area contributed by atoms with Crippen molar-refractivity contribution in [2.24, 2.45) is 0 Å². The highest BCUT2D eigenvalue weighted by Gasteiger charge is 2.00. The van der Waals surface area contributed by atoms with Crippen molar-refractivity contribution in [2.45, 2.75) is 9.79 Å². The summed E-state index contributed by atoms with van der Waals surface area (Å²) in [6.45, 7) is 0. The summed E-state index contributed by atoms with van der Waals surface area (Å²) in [5.41, 5.74) is 2.51. The lowest BCUT2D eigenvalue weighted by Gasteiger charge is -2.00. The zero-order valence-electron chi connectivity index (χ0n) is 9.54. The molecule has 2 aromatic rings. The number of hydrogen-bond acceptors (Lipinski definition) is 3. The summed E-state index contributed by atoms with van der Waals surface area (Å²) in [5, 5.41) is 9.21. The minimum absolute atomic E-state index is 0.634. The van der Waals surface area contributed by atoms with Crippen LogP contribution in [-0.4, -0.2) is 0 Å². The van der Waals surface area contributed by atoms with Crippen LogP contribution in [0.1, 0.15) is 11.1 Å². The van der Waals surface area contributed by atoms with Gasteiger partial charge in [0.15, 0.2) is 0 Å². The molecule has 0 heterocycles. The van der Waals surface area contributed by atoms with Crippen molar-refractivity contribution in [3.8, 4) is 6.07 Å². The summed E-state index contributed by atoms with van der Waals surface area (Å²) < 4.78 is 0. The van der Waals surface area contributed by atoms with Crippen molar-refractivity contribution in [3.05, 3.63) is 59.7 Å². The van der Waals surface area contributed by atoms with Crippen LogP contribution in [-0.2, 0) is 0 Å². The van der Waals surface area contributed by atoms with E-state index in [-0.39, 0.29) is 0 Å². The van der Waals surface area contributed by atoms with Crippen molar-refractivity contribution < 1.29 is 0 Å². The Morgan fingerprint density at radius 2 is 1.39 bits per heavy atom. The highest BCUT2D eigenvalue weighted by Crippen LogP contribution is 2.20. The van der Waals surface area contributed by atoms with Gasteiger partial charge >= 0.3 is 0 Å². The van der Waals surface area contributed by atoms with Crippen molar-refractivity contribution in [3.63, 3.8) is 0 Å². The first-order valence-electron chi connectivity index (χ1n) is 5.39. The molecule has 0 N–H and O–H groups in total. The highest BCUT2D eigenvalue weighted by molar-refractivity contribution is 7.80. The van der Waals surface area contributed by atoms with Gasteiger partial charge in [-0.05, 0) is 41.5 Å². The first-order chi connectivity index (χ1) is 8.69. The normalized spacial score (nSPS) is 11.1. The van der Waals surface area contributed by atoms with Crippen LogP contribution >= 0.6 is 25.3 Å². The van der Waals surface area contributed by atoms with E-state index in [2.05, 4.69) is 31.3 Å². The fourth-order valence-corrected chi connectivity index (χ4v) is 1.86. The molecule has 0 aromatic heterocycles. The maximum atomic E-state index is 9.21. The molecule has 0 radical (unpaired) electrons. The van der Waals surface area contributed by atoms with Crippen molar-refractivity contribution in [2.75, 3.05) is 0 Å². The van der Waals surface area contributed by atoms with Crippen molar-refractivity contribution in [1.82, 2.24) is 0 Å². The summed E-state index contributed by atoms with van der Waals surface area (Å²) in [6.07, 6.45) is 1.86. The third-order valence-electron chi connectivity index (χ3n) is 2.50. The number of nitrogens with zero attached hydrogens (tertiary/aromatic N) is 1. The van der Waals surface area contributed by atoms with Gasteiger partial charge in [0.2, 0.25) is 0 Å². The summed E-state index contributed by atoms with van der Waals surface area (Å²) in [4.78, 5) is 1.79. The predicted octanol–water partition coefficient (Wildman–Crippen LogP) is 4.33. The van der Waals surface area contributed by atoms with Crippen molar-refractivity contribution in [1.29, 1.82) is 5.26 Å². The first-order valence-corrected chi connectivity index (χ1v) is 6.29. The van der Waals surface area contributed by atoms with Gasteiger partial charge in [0.1, 0.15) is 0 Å². The van der Waals surface area contributed by atoms with Gasteiger partial charge in [-0.25, -0.2) is 0 Å². The van der Waals surface area contributed by atoms with Gasteiger partial charge in [-0.3, -0.25) is 0 Å². The molecule has 18 heavy (non-hydrogen) atoms. The lowest BCUT2D eigenvalue weighted by Crippen LogP contribution is -1.82. The molecule has 0 saturated carbocycles. The summed E-state index contributed by atoms with van der Waals surface area (Å²) in [5.74, 6) is 0. The molecular weight excluding hydrogens is 258 g/mol. The number of thiol groups is 2. The average molecular weight is 269 g/mol. The quantitative estimate of drug-likeness (QED) is 0.473. The van der Waals surface area contributed by atoms with E-state index >= 15 is 0 Å². The number of nitriles is 1. The topological polar surface area (TPSA) is 23.8 Å². The van der Waals surface area contributed by atoms with Crippen LogP contribution in [0, 0.1) is 11.3 Å². The minimum Gasteiger partial charge on any atom is -0.192 e. The Morgan fingerprint density at radius 3 is 1.89 bits per heavy atom. The molecule has 0 unspecified atom stereocenters. The Kier molecular flexibility index (Phi) is 4.14. The molecule has 0 amide bonds. The van der Waals surface area contributed by atoms with E-state index in [4.69, 9.17) is 0 Å². The smallest absolute Gasteiger partial charge is 0.0998 e. The van der Waals surface area contributed by atoms with Gasteiger partial charge in [0, 0.05) is 9.79 Å². The molecule has 88 valence electrons. The molecule has 3 heteroatoms. The molecule has 0 aliphatic rings. The molecule has 0 bridgehead atoms. The molecule has 0 atom stereocenters. The van der Waals surface area contributed by atoms with Crippen LogP contribution in [0.4, 0.5) is 0 Å². The lowest BCUT2D eigenvalue weighted by atomic mass is 10.0. The molecule has 2 rings (SSSR count). The molecule has 0 fully saturated rings. The Bertz CT molecular complexity index is 604. The highest BCUT2D eigenvalue weighted by atomic mass is 32.1. The zero-order valence-corrected chi connectivity index (χ0v) is 11.3. The average Bonchev–Trinajstić information content (AvgIpc) is 2.39. The number of hydrogen-bond donors (Lipinski definition) is 2. The van der Waals surface area contributed by atoms with Crippen molar-refractivity contribution >= 4 is 36.9 Å². The van der Waals surface area contributed by atoms with Crippen LogP contribution in [0.3, 0.4) is 0 Å². The lowest BCUT2D eigenvalue weighted by molar-refractivity contribution is 1.44. The van der Waals surface area contributed by atoms with Crippen LogP contribution in [0.5, 0.6) is 0 Å². The molecule has 0 spiro atoms. The summed E-state index contributed by atoms with van der Waals surface area (Å²) >= 11 is 8.46. The third-order valence-corrected chi connectivity index (χ3v) is 3.10. The maximum absolute atomic E-state index is 9.21. The largest absolute Gasteiger partial charge is 0.192 e. The van der Waals surface area contributed by atoms with E-state index < -0.39 is 0 Å². The molecule has 0 aliphatic carbocycles. The second-order valence-corrected chi connectivity index (χ2v) is 4.84. The molecule has 1 nitrogen and oxygen atoms in total. The van der Waals surface area contributed by atoms with E-state index in [9.17, 15) is 5.26 Å². The van der Waals surface area contributed by atoms with Gasteiger partial charge in [-0.1, -0.05) is 24.3 Å². The number of allylic oxidation sites excluding steroid dienone is 1. The van der Waals surface area contributed by atoms with Crippen LogP contribution in [0.2, 0.25) is 0 Å². The molecule has 2 aromatic carbocycles. The minimum atomic E-state index is 0.634. The van der Waals surface area contributed by atoms with Crippen LogP contribution in [0.25, 0.3) is 11.6 Å². The van der Waals surface area contributed by atoms with Gasteiger partial charge in [-0.2, -0.15) is 5.26 Å². The number of benzene rings is 2. The van der Waals surface area contributed by atoms with Gasteiger partial charge in [-0.15, -0.1) is 25.3 Å². The monoisotopic (exact) mass is 269 g/mol. The maximum Gasteiger partial charge on any atom is 0.0998 e. The number of rotatable bonds is 2. The van der Waals surface area contributed by atoms with E-state index in [0.717, 1.165) is 20.9 Å². The fraction of sp³-hybridized carbons (Fsp3) is 0. The predicted molar refractivity (Wildman–Crippen MR) is 80.9 cm³/mol. The molecule has 0 saturated heterocycles. The van der Waals surface area contributed by atoms with E-state index in [1.165, 1.54) is 0 Å². The van der Waals surface area contributed by atoms with Gasteiger partial charge in [0.25, 0.3) is 0 Å². The Balaban J connectivity index is 2.37. The fourth-order valence-electron chi connectivity index (χ4n) is 1.56. The van der Waals surface area contributed by atoms with E-state index in [1.54, 1.807) is 0 Å². The third kappa shape index (κ3) is 3.19. The van der Waals surface area contributed by atoms with E-state index in [1.807, 2.05) is 54.6 Å². The molecular formula is C15H11NS2. The Labute approximate surface area is 118 Å². The summed E-state index contributed by atoms with van der Waals surface area (Å²) in [7, 11) is 0. The Hall–Kier alpha value is -1.63. The van der Waals surface area contributed by atoms with Crippen LogP contribution < -0.4 is 0 Å². The van der Waals surface area contributed by atoms with E-state index in [0.29, 0.717) is 5.57 Å². The second-order valence-electron chi connectivity index (χ2n) is 3.81. The second kappa shape index (κ2) is 5.81.